The molecule has 168 valence electrons. The number of carbonyl (C=O) groups is 2. The van der Waals surface area contributed by atoms with Gasteiger partial charge in [-0.15, -0.1) is 0 Å². The maximum absolute atomic E-state index is 13.4. The molecule has 1 aliphatic heterocycles. The Labute approximate surface area is 188 Å². The van der Waals surface area contributed by atoms with E-state index in [1.807, 2.05) is 11.2 Å². The van der Waals surface area contributed by atoms with Crippen LogP contribution in [0.1, 0.15) is 16.2 Å². The van der Waals surface area contributed by atoms with E-state index < -0.39 is 0 Å². The molecule has 0 saturated carbocycles. The fraction of sp³-hybridized carbons (Fsp3) is 0.333. The van der Waals surface area contributed by atoms with E-state index in [0.29, 0.717) is 54.3 Å². The fourth-order valence-corrected chi connectivity index (χ4v) is 4.10. The van der Waals surface area contributed by atoms with Crippen molar-refractivity contribution in [2.45, 2.75) is 12.1 Å². The second kappa shape index (κ2) is 9.53. The van der Waals surface area contributed by atoms with Gasteiger partial charge in [0.25, 0.3) is 5.91 Å². The molecule has 11 heteroatoms. The van der Waals surface area contributed by atoms with Crippen LogP contribution >= 0.6 is 11.8 Å². The third-order valence-electron chi connectivity index (χ3n) is 5.14. The van der Waals surface area contributed by atoms with Gasteiger partial charge in [-0.2, -0.15) is 0 Å². The predicted molar refractivity (Wildman–Crippen MR) is 118 cm³/mol. The smallest absolute Gasteiger partial charge is 0.272 e. The van der Waals surface area contributed by atoms with Gasteiger partial charge in [0.1, 0.15) is 17.3 Å². The zero-order valence-electron chi connectivity index (χ0n) is 17.7. The van der Waals surface area contributed by atoms with Crippen LogP contribution < -0.4 is 5.32 Å². The Bertz CT molecular complexity index is 1110. The number of aryl methyl sites for hydroxylation is 1. The van der Waals surface area contributed by atoms with Crippen molar-refractivity contribution in [3.63, 3.8) is 0 Å². The molecule has 2 amide bonds. The molecule has 0 aliphatic carbocycles. The first-order chi connectivity index (χ1) is 15.4. The highest BCUT2D eigenvalue weighted by Crippen LogP contribution is 2.23. The molecule has 0 atom stereocenters. The van der Waals surface area contributed by atoms with Crippen molar-refractivity contribution in [1.82, 2.24) is 24.5 Å². The van der Waals surface area contributed by atoms with Crippen LogP contribution in [0.5, 0.6) is 0 Å². The largest absolute Gasteiger partial charge is 0.360 e. The zero-order valence-corrected chi connectivity index (χ0v) is 18.6. The molecule has 32 heavy (non-hydrogen) atoms. The van der Waals surface area contributed by atoms with Crippen LogP contribution in [-0.2, 0) is 4.79 Å². The van der Waals surface area contributed by atoms with Crippen LogP contribution in [-0.4, -0.2) is 75.3 Å². The summed E-state index contributed by atoms with van der Waals surface area (Å²) in [5.41, 5.74) is 1.10. The molecule has 4 rings (SSSR count). The molecule has 1 aliphatic rings. The van der Waals surface area contributed by atoms with Gasteiger partial charge in [-0.1, -0.05) is 16.9 Å². The molecule has 1 aromatic carbocycles. The minimum atomic E-state index is -0.341. The number of anilines is 1. The molecule has 0 unspecified atom stereocenters. The molecule has 0 spiro atoms. The second-order valence-corrected chi connectivity index (χ2v) is 8.15. The first kappa shape index (κ1) is 22.0. The topological polar surface area (TPSA) is 96.5 Å². The molecule has 0 radical (unpaired) electrons. The third kappa shape index (κ3) is 4.83. The Morgan fingerprint density at radius 2 is 1.91 bits per heavy atom. The highest BCUT2D eigenvalue weighted by Gasteiger charge is 2.27. The summed E-state index contributed by atoms with van der Waals surface area (Å²) in [4.78, 5) is 33.5. The van der Waals surface area contributed by atoms with Gasteiger partial charge in [-0.05, 0) is 37.4 Å². The van der Waals surface area contributed by atoms with Gasteiger partial charge < -0.3 is 14.7 Å². The molecule has 2 aromatic heterocycles. The van der Waals surface area contributed by atoms with Crippen LogP contribution in [0.2, 0.25) is 0 Å². The fourth-order valence-electron chi connectivity index (χ4n) is 3.55. The van der Waals surface area contributed by atoms with E-state index in [0.717, 1.165) is 0 Å². The number of halogens is 1. The summed E-state index contributed by atoms with van der Waals surface area (Å²) < 4.78 is 20.1. The number of thioether (sulfide) groups is 1. The van der Waals surface area contributed by atoms with Gasteiger partial charge in [0.15, 0.2) is 11.0 Å². The van der Waals surface area contributed by atoms with E-state index in [9.17, 15) is 14.0 Å². The average Bonchev–Trinajstić information content (AvgIpc) is 3.40. The number of rotatable bonds is 6. The van der Waals surface area contributed by atoms with Crippen molar-refractivity contribution in [3.05, 3.63) is 53.8 Å². The van der Waals surface area contributed by atoms with Crippen molar-refractivity contribution in [1.29, 1.82) is 0 Å². The minimum Gasteiger partial charge on any atom is -0.360 e. The van der Waals surface area contributed by atoms with Crippen molar-refractivity contribution in [2.24, 2.45) is 0 Å². The van der Waals surface area contributed by atoms with E-state index >= 15 is 0 Å². The number of hydrogen-bond donors (Lipinski definition) is 1. The molecule has 3 heterocycles. The number of amides is 2. The van der Waals surface area contributed by atoms with Crippen LogP contribution in [0.3, 0.4) is 0 Å². The quantitative estimate of drug-likeness (QED) is 0.567. The first-order valence-corrected chi connectivity index (χ1v) is 11.3. The molecular weight excluding hydrogens is 435 g/mol. The minimum absolute atomic E-state index is 0.149. The number of imidazole rings is 1. The molecular formula is C21H23FN6O3S. The van der Waals surface area contributed by atoms with Gasteiger partial charge in [0.05, 0.1) is 12.7 Å². The number of aromatic nitrogens is 3. The lowest BCUT2D eigenvalue weighted by molar-refractivity contribution is -0.117. The molecule has 1 N–H and O–H groups in total. The van der Waals surface area contributed by atoms with Gasteiger partial charge in [0, 0.05) is 37.9 Å². The molecule has 1 fully saturated rings. The van der Waals surface area contributed by atoms with E-state index in [4.69, 9.17) is 4.52 Å². The summed E-state index contributed by atoms with van der Waals surface area (Å²) in [6, 6.07) is 7.62. The number of nitrogens with zero attached hydrogens (tertiary/aromatic N) is 5. The van der Waals surface area contributed by atoms with E-state index in [1.54, 1.807) is 40.8 Å². The number of hydrogen-bond acceptors (Lipinski definition) is 7. The number of carbonyl (C=O) groups excluding carboxylic acids is 2. The first-order valence-electron chi connectivity index (χ1n) is 10.1. The number of benzene rings is 1. The van der Waals surface area contributed by atoms with Gasteiger partial charge in [-0.3, -0.25) is 19.1 Å². The van der Waals surface area contributed by atoms with Gasteiger partial charge in [-0.25, -0.2) is 9.37 Å². The standard InChI is InChI=1S/C21H23FN6O3S/c1-14-11-18(25-31-14)24-19(29)13-26-7-9-27(10-8-26)20(30)17-12-23-21(32-2)28(17)16-5-3-15(22)4-6-16/h3-6,11-12H,7-10,13H2,1-2H3,(H,24,25,29). The summed E-state index contributed by atoms with van der Waals surface area (Å²) in [5, 5.41) is 7.11. The lowest BCUT2D eigenvalue weighted by Gasteiger charge is -2.34. The SMILES string of the molecule is CSc1ncc(C(=O)N2CCN(CC(=O)Nc3cc(C)on3)CC2)n1-c1ccc(F)cc1. The molecule has 3 aromatic rings. The van der Waals surface area contributed by atoms with Crippen molar-refractivity contribution >= 4 is 29.4 Å². The Morgan fingerprint density at radius 1 is 1.19 bits per heavy atom. The van der Waals surface area contributed by atoms with Crippen LogP contribution in [0.4, 0.5) is 10.2 Å². The summed E-state index contributed by atoms with van der Waals surface area (Å²) in [7, 11) is 0. The van der Waals surface area contributed by atoms with Crippen LogP contribution in [0.25, 0.3) is 5.69 Å². The van der Waals surface area contributed by atoms with E-state index in [-0.39, 0.29) is 24.2 Å². The Morgan fingerprint density at radius 3 is 2.53 bits per heavy atom. The molecule has 1 saturated heterocycles. The zero-order chi connectivity index (χ0) is 22.7. The number of piperazine rings is 1. The van der Waals surface area contributed by atoms with Crippen molar-refractivity contribution in [2.75, 3.05) is 44.3 Å². The van der Waals surface area contributed by atoms with Gasteiger partial charge in [0.2, 0.25) is 5.91 Å². The Kier molecular flexibility index (Phi) is 6.56. The Hall–Kier alpha value is -3.18. The van der Waals surface area contributed by atoms with Crippen LogP contribution in [0.15, 0.2) is 46.2 Å². The van der Waals surface area contributed by atoms with Crippen molar-refractivity contribution < 1.29 is 18.5 Å². The predicted octanol–water partition coefficient (Wildman–Crippen LogP) is 2.43. The summed E-state index contributed by atoms with van der Waals surface area (Å²) in [6.07, 6.45) is 3.43. The van der Waals surface area contributed by atoms with Crippen LogP contribution in [0, 0.1) is 12.7 Å². The highest BCUT2D eigenvalue weighted by molar-refractivity contribution is 7.98. The number of nitrogens with one attached hydrogen (secondary N) is 1. The lowest BCUT2D eigenvalue weighted by atomic mass is 10.2. The highest BCUT2D eigenvalue weighted by atomic mass is 32.2. The molecule has 9 nitrogen and oxygen atoms in total. The van der Waals surface area contributed by atoms with E-state index in [1.165, 1.54) is 23.9 Å². The van der Waals surface area contributed by atoms with Gasteiger partial charge >= 0.3 is 0 Å². The maximum Gasteiger partial charge on any atom is 0.272 e. The lowest BCUT2D eigenvalue weighted by Crippen LogP contribution is -2.50. The third-order valence-corrected chi connectivity index (χ3v) is 5.79. The summed E-state index contributed by atoms with van der Waals surface area (Å²) >= 11 is 1.41. The maximum atomic E-state index is 13.4. The summed E-state index contributed by atoms with van der Waals surface area (Å²) in [6.45, 7) is 4.06. The normalized spacial score (nSPS) is 14.5. The Balaban J connectivity index is 1.39. The average molecular weight is 459 g/mol. The monoisotopic (exact) mass is 458 g/mol. The van der Waals surface area contributed by atoms with Crippen molar-refractivity contribution in [3.8, 4) is 5.69 Å². The molecule has 0 bridgehead atoms. The second-order valence-electron chi connectivity index (χ2n) is 7.38. The van der Waals surface area contributed by atoms with E-state index in [2.05, 4.69) is 15.5 Å². The summed E-state index contributed by atoms with van der Waals surface area (Å²) in [5.74, 6) is 0.338.